The van der Waals surface area contributed by atoms with E-state index in [1.807, 2.05) is 12.1 Å². The summed E-state index contributed by atoms with van der Waals surface area (Å²) in [5, 5.41) is 21.0. The highest BCUT2D eigenvalue weighted by atomic mass is 32.2. The molecule has 0 radical (unpaired) electrons. The van der Waals surface area contributed by atoms with E-state index in [1.54, 1.807) is 13.8 Å². The van der Waals surface area contributed by atoms with Crippen molar-refractivity contribution in [2.24, 2.45) is 10.8 Å². The molecule has 0 aliphatic carbocycles. The Morgan fingerprint density at radius 3 is 2.31 bits per heavy atom. The van der Waals surface area contributed by atoms with Gasteiger partial charge in [-0.15, -0.1) is 0 Å². The fraction of sp³-hybridized carbons (Fsp3) is 0.400. The lowest BCUT2D eigenvalue weighted by atomic mass is 9.78. The lowest BCUT2D eigenvalue weighted by Gasteiger charge is -2.28. The molecule has 260 valence electrons. The molecule has 1 fully saturated rings. The molecular formula is C40H48N2O5S2. The minimum atomic E-state index is -1.09. The van der Waals surface area contributed by atoms with E-state index in [2.05, 4.69) is 93.3 Å². The van der Waals surface area contributed by atoms with E-state index in [9.17, 15) is 24.6 Å². The van der Waals surface area contributed by atoms with Gasteiger partial charge in [0.2, 0.25) is 0 Å². The van der Waals surface area contributed by atoms with E-state index >= 15 is 0 Å². The predicted octanol–water partition coefficient (Wildman–Crippen LogP) is 10.1. The molecule has 0 spiro atoms. The van der Waals surface area contributed by atoms with Crippen molar-refractivity contribution in [3.63, 3.8) is 0 Å². The largest absolute Gasteiger partial charge is 0.481 e. The van der Waals surface area contributed by atoms with Crippen molar-refractivity contribution in [3.05, 3.63) is 82.3 Å². The van der Waals surface area contributed by atoms with Gasteiger partial charge in [0.25, 0.3) is 5.91 Å². The number of fused-ring (bicyclic) bond motifs is 2. The average molecular weight is 701 g/mol. The first kappa shape index (κ1) is 37.9. The van der Waals surface area contributed by atoms with Crippen molar-refractivity contribution >= 4 is 80.4 Å². The fourth-order valence-corrected chi connectivity index (χ4v) is 7.75. The van der Waals surface area contributed by atoms with Gasteiger partial charge in [-0.05, 0) is 109 Å². The van der Waals surface area contributed by atoms with Gasteiger partial charge in [-0.3, -0.25) is 19.3 Å². The molecule has 2 aliphatic heterocycles. The first-order valence-electron chi connectivity index (χ1n) is 16.5. The highest BCUT2D eigenvalue weighted by Gasteiger charge is 2.37. The number of anilines is 2. The molecular weight excluding hydrogens is 653 g/mol. The second-order valence-electron chi connectivity index (χ2n) is 14.3. The molecule has 49 heavy (non-hydrogen) atoms. The Morgan fingerprint density at radius 1 is 0.959 bits per heavy atom. The van der Waals surface area contributed by atoms with Crippen LogP contribution in [-0.2, 0) is 14.4 Å². The molecule has 1 amide bonds. The quantitative estimate of drug-likeness (QED) is 0.142. The number of thioether (sulfide) groups is 1. The van der Waals surface area contributed by atoms with Crippen molar-refractivity contribution in [3.8, 4) is 0 Å². The summed E-state index contributed by atoms with van der Waals surface area (Å²) in [6, 6.07) is 19.6. The molecule has 3 aromatic rings. The van der Waals surface area contributed by atoms with Crippen molar-refractivity contribution in [2.75, 3.05) is 11.4 Å². The highest BCUT2D eigenvalue weighted by Crippen LogP contribution is 2.48. The number of nitrogens with zero attached hydrogens (tertiary/aromatic N) is 2. The number of carbonyl (C=O) groups is 3. The van der Waals surface area contributed by atoms with E-state index < -0.39 is 23.9 Å². The molecule has 7 nitrogen and oxygen atoms in total. The van der Waals surface area contributed by atoms with Crippen LogP contribution in [0, 0.1) is 10.8 Å². The van der Waals surface area contributed by atoms with E-state index in [4.69, 9.17) is 12.2 Å². The summed E-state index contributed by atoms with van der Waals surface area (Å²) in [6.07, 6.45) is 9.60. The third kappa shape index (κ3) is 8.27. The number of rotatable bonds is 12. The molecule has 2 unspecified atom stereocenters. The number of carbonyl (C=O) groups excluding carboxylic acids is 1. The maximum absolute atomic E-state index is 12.9. The van der Waals surface area contributed by atoms with E-state index in [-0.39, 0.29) is 29.1 Å². The topological polar surface area (TPSA) is 98.2 Å². The van der Waals surface area contributed by atoms with Crippen molar-refractivity contribution in [2.45, 2.75) is 86.6 Å². The molecule has 0 saturated carbocycles. The number of allylic oxidation sites excluding steroid dienone is 1. The minimum Gasteiger partial charge on any atom is -0.481 e. The zero-order valence-electron chi connectivity index (χ0n) is 28.4. The molecule has 2 atom stereocenters. The van der Waals surface area contributed by atoms with Gasteiger partial charge in [-0.1, -0.05) is 95.0 Å². The summed E-state index contributed by atoms with van der Waals surface area (Å²) in [6.45, 7) is 11.9. The maximum Gasteiger partial charge on any atom is 0.323 e. The number of hydrogen-bond acceptors (Lipinski definition) is 6. The third-order valence-corrected chi connectivity index (χ3v) is 11.0. The summed E-state index contributed by atoms with van der Waals surface area (Å²) in [5.41, 5.74) is 4.66. The zero-order chi connectivity index (χ0) is 35.0. The second-order valence-corrected chi connectivity index (χ2v) is 16.0. The monoisotopic (exact) mass is 700 g/mol. The number of benzene rings is 3. The molecule has 9 heteroatoms. The molecule has 2 aliphatic rings. The van der Waals surface area contributed by atoms with Crippen LogP contribution in [0.3, 0.4) is 0 Å². The van der Waals surface area contributed by atoms with Crippen LogP contribution in [0.1, 0.15) is 97.3 Å². The van der Waals surface area contributed by atoms with Crippen LogP contribution in [0.5, 0.6) is 0 Å². The number of aliphatic carboxylic acids is 2. The van der Waals surface area contributed by atoms with Gasteiger partial charge < -0.3 is 15.1 Å². The van der Waals surface area contributed by atoms with Gasteiger partial charge in [0.15, 0.2) is 0 Å². The number of amides is 1. The number of thiocarbonyl (C=S) groups is 1. The Bertz CT molecular complexity index is 1840. The Morgan fingerprint density at radius 2 is 1.63 bits per heavy atom. The summed E-state index contributed by atoms with van der Waals surface area (Å²) < 4.78 is 0.263. The van der Waals surface area contributed by atoms with Gasteiger partial charge >= 0.3 is 11.9 Å². The summed E-state index contributed by atoms with van der Waals surface area (Å²) in [4.78, 5) is 39.6. The molecule has 3 aromatic carbocycles. The summed E-state index contributed by atoms with van der Waals surface area (Å²) >= 11 is 6.42. The molecule has 2 N–H and O–H groups in total. The zero-order valence-corrected chi connectivity index (χ0v) is 30.1. The molecule has 2 heterocycles. The molecule has 1 saturated heterocycles. The van der Waals surface area contributed by atoms with Crippen molar-refractivity contribution in [1.29, 1.82) is 0 Å². The Labute approximate surface area is 300 Å². The number of hydrogen-bond donors (Lipinski definition) is 2. The highest BCUT2D eigenvalue weighted by molar-refractivity contribution is 8.26. The number of carboxylic acids is 2. The lowest BCUT2D eigenvalue weighted by molar-refractivity contribution is -0.147. The van der Waals surface area contributed by atoms with Gasteiger partial charge in [0, 0.05) is 23.3 Å². The Hall–Kier alpha value is -3.95. The second kappa shape index (κ2) is 14.9. The van der Waals surface area contributed by atoms with Gasteiger partial charge in [0.05, 0.1) is 10.3 Å². The van der Waals surface area contributed by atoms with Crippen LogP contribution in [-0.4, -0.2) is 49.9 Å². The minimum absolute atomic E-state index is 0. The average Bonchev–Trinajstić information content (AvgIpc) is 3.45. The van der Waals surface area contributed by atoms with Crippen LogP contribution >= 0.6 is 24.0 Å². The van der Waals surface area contributed by atoms with E-state index in [1.165, 1.54) is 5.56 Å². The first-order chi connectivity index (χ1) is 22.6. The van der Waals surface area contributed by atoms with Crippen LogP contribution in [0.2, 0.25) is 0 Å². The number of carboxylic acid groups (broad SMARTS) is 2. The fourth-order valence-electron chi connectivity index (χ4n) is 6.50. The Kier molecular flexibility index (Phi) is 11.5. The van der Waals surface area contributed by atoms with Gasteiger partial charge in [-0.2, -0.15) is 0 Å². The Balaban J connectivity index is 0.00000541. The summed E-state index contributed by atoms with van der Waals surface area (Å²) in [7, 11) is 0. The van der Waals surface area contributed by atoms with Crippen molar-refractivity contribution in [1.82, 2.24) is 4.90 Å². The van der Waals surface area contributed by atoms with Gasteiger partial charge in [-0.25, -0.2) is 0 Å². The molecule has 0 bridgehead atoms. The molecule has 0 aromatic heterocycles. The van der Waals surface area contributed by atoms with Crippen LogP contribution in [0.4, 0.5) is 11.4 Å². The van der Waals surface area contributed by atoms with Gasteiger partial charge in [0.1, 0.15) is 10.9 Å². The van der Waals surface area contributed by atoms with Crippen LogP contribution < -0.4 is 4.90 Å². The van der Waals surface area contributed by atoms with Crippen LogP contribution in [0.15, 0.2) is 65.6 Å². The standard InChI is InChI=1S/C39H44N2O5S2.CH4/c1-7-8-30-24(2)41(32-14-10-26(20-31(30)32)21-33-35(44)40(23-34(42)43)37(47)48-33)29-13-12-27-19-25(9-11-28(27)22-29)15-16-38(3,4)17-18-39(5,6)36(45)46;/h9-16,19-22,24,30H,7-8,17-18,23H2,1-6H3,(H,42,43)(H,45,46);1H4/b16-15?,33-21-;. The first-order valence-corrected chi connectivity index (χ1v) is 17.7. The summed E-state index contributed by atoms with van der Waals surface area (Å²) in [5.74, 6) is -1.91. The SMILES string of the molecule is C.CCCC1c2cc(/C=C3\SC(=S)N(CC(=O)O)C3=O)ccc2N(c2ccc3cc(C=CC(C)(C)CCC(C)(C)C(=O)O)ccc3c2)C1C. The maximum atomic E-state index is 12.9. The van der Waals surface area contributed by atoms with Crippen LogP contribution in [0.25, 0.3) is 22.9 Å². The normalized spacial score (nSPS) is 18.9. The van der Waals surface area contributed by atoms with E-state index in [0.717, 1.165) is 69.2 Å². The third-order valence-electron chi connectivity index (χ3n) is 9.59. The lowest BCUT2D eigenvalue weighted by Crippen LogP contribution is -2.33. The molecule has 5 rings (SSSR count). The van der Waals surface area contributed by atoms with Crippen molar-refractivity contribution < 1.29 is 24.6 Å². The smallest absolute Gasteiger partial charge is 0.323 e. The predicted molar refractivity (Wildman–Crippen MR) is 207 cm³/mol. The van der Waals surface area contributed by atoms with E-state index in [0.29, 0.717) is 17.2 Å².